The van der Waals surface area contributed by atoms with Crippen LogP contribution in [0, 0.1) is 0 Å². The zero-order valence-electron chi connectivity index (χ0n) is 21.9. The average molecular weight is 510 g/mol. The Morgan fingerprint density at radius 3 is 2.03 bits per heavy atom. The first kappa shape index (κ1) is 30.9. The van der Waals surface area contributed by atoms with Gasteiger partial charge in [0.05, 0.1) is 6.61 Å². The number of carboxylic acids is 1. The molecule has 0 amide bonds. The predicted molar refractivity (Wildman–Crippen MR) is 132 cm³/mol. The lowest BCUT2D eigenvalue weighted by molar-refractivity contribution is -0.167. The number of carbonyl (C=O) groups is 4. The summed E-state index contributed by atoms with van der Waals surface area (Å²) in [6.45, 7) is 9.08. The van der Waals surface area contributed by atoms with Crippen LogP contribution in [0.1, 0.15) is 85.1 Å². The van der Waals surface area contributed by atoms with Crippen molar-refractivity contribution in [2.45, 2.75) is 97.8 Å². The molecule has 2 atom stereocenters. The number of carbonyl (C=O) groups excluding carboxylic acids is 3. The van der Waals surface area contributed by atoms with Crippen molar-refractivity contribution < 1.29 is 43.2 Å². The molecule has 0 aliphatic heterocycles. The van der Waals surface area contributed by atoms with Crippen molar-refractivity contribution in [1.29, 1.82) is 0 Å². The lowest BCUT2D eigenvalue weighted by Gasteiger charge is -2.32. The molecule has 0 heterocycles. The van der Waals surface area contributed by atoms with E-state index in [9.17, 15) is 24.3 Å². The Labute approximate surface area is 212 Å². The molecule has 0 fully saturated rings. The van der Waals surface area contributed by atoms with Crippen LogP contribution in [0.5, 0.6) is 11.5 Å². The van der Waals surface area contributed by atoms with Crippen LogP contribution >= 0.6 is 0 Å². The van der Waals surface area contributed by atoms with Crippen LogP contribution in [-0.4, -0.2) is 47.5 Å². The van der Waals surface area contributed by atoms with Gasteiger partial charge in [-0.25, -0.2) is 9.59 Å². The lowest BCUT2D eigenvalue weighted by Crippen LogP contribution is -2.59. The van der Waals surface area contributed by atoms with Gasteiger partial charge in [0, 0.05) is 25.3 Å². The Kier molecular flexibility index (Phi) is 13.5. The molecule has 36 heavy (non-hydrogen) atoms. The van der Waals surface area contributed by atoms with Gasteiger partial charge in [-0.2, -0.15) is 0 Å². The summed E-state index contributed by atoms with van der Waals surface area (Å²) in [6.07, 6.45) is 2.37. The molecule has 2 N–H and O–H groups in total. The summed E-state index contributed by atoms with van der Waals surface area (Å²) in [5.41, 5.74) is -1.78. The van der Waals surface area contributed by atoms with E-state index >= 15 is 0 Å². The van der Waals surface area contributed by atoms with Crippen LogP contribution in [-0.2, 0) is 30.3 Å². The van der Waals surface area contributed by atoms with E-state index in [-0.39, 0.29) is 43.4 Å². The Hall–Kier alpha value is -3.14. The zero-order chi connectivity index (χ0) is 27.1. The van der Waals surface area contributed by atoms with E-state index in [0.717, 1.165) is 12.8 Å². The van der Waals surface area contributed by atoms with Gasteiger partial charge in [-0.15, -0.1) is 0 Å². The minimum Gasteiger partial charge on any atom is -0.477 e. The van der Waals surface area contributed by atoms with E-state index in [1.807, 2.05) is 20.8 Å². The minimum atomic E-state index is -2.15. The largest absolute Gasteiger partial charge is 0.510 e. The maximum absolute atomic E-state index is 12.4. The monoisotopic (exact) mass is 509 g/mol. The number of benzene rings is 1. The normalized spacial score (nSPS) is 13.2. The van der Waals surface area contributed by atoms with E-state index in [2.05, 4.69) is 5.32 Å². The van der Waals surface area contributed by atoms with Gasteiger partial charge in [0.15, 0.2) is 11.5 Å². The topological polar surface area (TPSA) is 137 Å². The van der Waals surface area contributed by atoms with Crippen LogP contribution in [0.2, 0.25) is 0 Å². The Balaban J connectivity index is 3.38. The van der Waals surface area contributed by atoms with E-state index < -0.39 is 29.8 Å². The van der Waals surface area contributed by atoms with Gasteiger partial charge < -0.3 is 24.1 Å². The van der Waals surface area contributed by atoms with Crippen molar-refractivity contribution >= 4 is 24.1 Å². The fourth-order valence-corrected chi connectivity index (χ4v) is 3.19. The van der Waals surface area contributed by atoms with Gasteiger partial charge >= 0.3 is 24.1 Å². The molecule has 0 spiro atoms. The van der Waals surface area contributed by atoms with E-state index in [4.69, 9.17) is 18.9 Å². The van der Waals surface area contributed by atoms with E-state index in [1.165, 1.54) is 18.2 Å². The van der Waals surface area contributed by atoms with Gasteiger partial charge in [0.25, 0.3) is 5.72 Å². The highest BCUT2D eigenvalue weighted by Crippen LogP contribution is 2.31. The number of rotatable bonds is 16. The molecule has 0 aliphatic carbocycles. The van der Waals surface area contributed by atoms with Crippen molar-refractivity contribution in [2.75, 3.05) is 6.61 Å². The van der Waals surface area contributed by atoms with Crippen molar-refractivity contribution in [2.24, 2.45) is 0 Å². The summed E-state index contributed by atoms with van der Waals surface area (Å²) in [5, 5.41) is 12.9. The molecule has 1 aromatic rings. The molecule has 10 nitrogen and oxygen atoms in total. The second kappa shape index (κ2) is 15.8. The number of nitrogens with one attached hydrogen (secondary N) is 1. The molecule has 0 aliphatic rings. The summed E-state index contributed by atoms with van der Waals surface area (Å²) >= 11 is 0. The fraction of sp³-hybridized carbons (Fsp3) is 0.615. The molecular weight excluding hydrogens is 470 g/mol. The molecule has 202 valence electrons. The Morgan fingerprint density at radius 1 is 0.944 bits per heavy atom. The molecule has 1 rings (SSSR count). The number of aliphatic carboxylic acids is 1. The quantitative estimate of drug-likeness (QED) is 0.182. The van der Waals surface area contributed by atoms with Crippen LogP contribution in [0.15, 0.2) is 18.2 Å². The van der Waals surface area contributed by atoms with Gasteiger partial charge in [-0.1, -0.05) is 39.7 Å². The maximum atomic E-state index is 12.4. The molecule has 1 aromatic carbocycles. The van der Waals surface area contributed by atoms with Crippen LogP contribution < -0.4 is 14.8 Å². The summed E-state index contributed by atoms with van der Waals surface area (Å²) in [6, 6.07) is 4.05. The summed E-state index contributed by atoms with van der Waals surface area (Å²) < 4.78 is 21.0. The third kappa shape index (κ3) is 10.2. The summed E-state index contributed by atoms with van der Waals surface area (Å²) in [4.78, 5) is 49.0. The zero-order valence-corrected chi connectivity index (χ0v) is 21.9. The van der Waals surface area contributed by atoms with Gasteiger partial charge in [0.2, 0.25) is 0 Å². The predicted octanol–water partition coefficient (Wildman–Crippen LogP) is 4.76. The molecule has 0 saturated carbocycles. The maximum Gasteiger partial charge on any atom is 0.510 e. The second-order valence-electron chi connectivity index (χ2n) is 8.48. The fourth-order valence-electron chi connectivity index (χ4n) is 3.19. The van der Waals surface area contributed by atoms with Gasteiger partial charge in [-0.05, 0) is 50.8 Å². The van der Waals surface area contributed by atoms with Gasteiger partial charge in [-0.3, -0.25) is 14.9 Å². The average Bonchev–Trinajstić information content (AvgIpc) is 2.82. The molecule has 0 radical (unpaired) electrons. The van der Waals surface area contributed by atoms with Crippen molar-refractivity contribution in [3.8, 4) is 11.5 Å². The highest BCUT2D eigenvalue weighted by Gasteiger charge is 2.44. The van der Waals surface area contributed by atoms with Crippen molar-refractivity contribution in [3.05, 3.63) is 23.8 Å². The Bertz CT molecular complexity index is 886. The smallest absolute Gasteiger partial charge is 0.477 e. The number of hydrogen-bond donors (Lipinski definition) is 2. The Morgan fingerprint density at radius 2 is 1.53 bits per heavy atom. The molecule has 10 heteroatoms. The first-order valence-corrected chi connectivity index (χ1v) is 12.5. The third-order valence-electron chi connectivity index (χ3n) is 5.33. The molecule has 0 bridgehead atoms. The minimum absolute atomic E-state index is 0.00776. The summed E-state index contributed by atoms with van der Waals surface area (Å²) in [7, 11) is 0. The summed E-state index contributed by atoms with van der Waals surface area (Å²) in [5.74, 6) is -2.37. The second-order valence-corrected chi connectivity index (χ2v) is 8.48. The van der Waals surface area contributed by atoms with E-state index in [1.54, 1.807) is 13.8 Å². The number of carboxylic acid groups (broad SMARTS) is 1. The molecule has 0 saturated heterocycles. The van der Waals surface area contributed by atoms with Crippen molar-refractivity contribution in [3.63, 3.8) is 0 Å². The standard InChI is InChI=1S/C26H39NO9/c1-6-10-12-22(28)34-20-15-14-19(16-21(20)35-23(29)13-11-7-2)17-26(24(30)31,27-18(5)8-3)36-25(32)33-9-4/h14-16,18,27H,6-13,17H2,1-5H3,(H,30,31)/t18?,26-/m0/s1. The highest BCUT2D eigenvalue weighted by molar-refractivity contribution is 5.81. The van der Waals surface area contributed by atoms with Crippen LogP contribution in [0.4, 0.5) is 4.79 Å². The number of esters is 2. The SMILES string of the molecule is CCCCC(=O)Oc1ccc(C[C@](NC(C)CC)(OC(=O)OCC)C(=O)O)cc1OC(=O)CCCC. The van der Waals surface area contributed by atoms with Crippen molar-refractivity contribution in [1.82, 2.24) is 5.32 Å². The first-order chi connectivity index (χ1) is 17.1. The van der Waals surface area contributed by atoms with E-state index in [0.29, 0.717) is 24.8 Å². The number of unbranched alkanes of at least 4 members (excludes halogenated alkanes) is 2. The molecular formula is C26H39NO9. The molecule has 0 aromatic heterocycles. The van der Waals surface area contributed by atoms with Crippen LogP contribution in [0.3, 0.4) is 0 Å². The van der Waals surface area contributed by atoms with Crippen LogP contribution in [0.25, 0.3) is 0 Å². The number of ether oxygens (including phenoxy) is 4. The third-order valence-corrected chi connectivity index (χ3v) is 5.33. The number of hydrogen-bond acceptors (Lipinski definition) is 9. The molecule has 1 unspecified atom stereocenters. The highest BCUT2D eigenvalue weighted by atomic mass is 16.7. The lowest BCUT2D eigenvalue weighted by atomic mass is 10.00. The first-order valence-electron chi connectivity index (χ1n) is 12.5. The van der Waals surface area contributed by atoms with Gasteiger partial charge in [0.1, 0.15) is 0 Å².